The average Bonchev–Trinajstić information content (AvgIpc) is 2.30. The van der Waals surface area contributed by atoms with Crippen molar-refractivity contribution < 1.29 is 8.42 Å². The number of benzene rings is 2. The molecule has 0 spiro atoms. The molecule has 3 N–H and O–H groups in total. The maximum atomic E-state index is 12.4. The van der Waals surface area contributed by atoms with Crippen LogP contribution in [0.2, 0.25) is 0 Å². The molecule has 4 nitrogen and oxygen atoms in total. The fourth-order valence-electron chi connectivity index (χ4n) is 1.91. The van der Waals surface area contributed by atoms with Crippen LogP contribution in [-0.4, -0.2) is 8.42 Å². The van der Waals surface area contributed by atoms with Crippen molar-refractivity contribution in [1.82, 2.24) is 0 Å². The highest BCUT2D eigenvalue weighted by Crippen LogP contribution is 2.24. The lowest BCUT2D eigenvalue weighted by Gasteiger charge is -2.12. The molecule has 2 rings (SSSR count). The van der Waals surface area contributed by atoms with E-state index in [9.17, 15) is 8.42 Å². The lowest BCUT2D eigenvalue weighted by molar-refractivity contribution is 0.600. The van der Waals surface area contributed by atoms with E-state index in [1.54, 1.807) is 31.2 Å². The van der Waals surface area contributed by atoms with E-state index in [1.165, 1.54) is 6.07 Å². The minimum atomic E-state index is -3.65. The van der Waals surface area contributed by atoms with E-state index in [0.29, 0.717) is 16.9 Å². The van der Waals surface area contributed by atoms with Crippen LogP contribution >= 0.6 is 15.9 Å². The Kier molecular flexibility index (Phi) is 4.06. The summed E-state index contributed by atoms with van der Waals surface area (Å²) < 4.78 is 28.2. The maximum Gasteiger partial charge on any atom is 0.262 e. The molecule has 0 aliphatic carbocycles. The van der Waals surface area contributed by atoms with Crippen LogP contribution in [0.15, 0.2) is 45.8 Å². The third kappa shape index (κ3) is 3.32. The Bertz CT molecular complexity index is 738. The second kappa shape index (κ2) is 5.46. The molecule has 0 saturated carbocycles. The Balaban J connectivity index is 2.43. The topological polar surface area (TPSA) is 72.2 Å². The minimum Gasteiger partial charge on any atom is -0.399 e. The first-order valence-corrected chi connectivity index (χ1v) is 8.22. The highest BCUT2D eigenvalue weighted by molar-refractivity contribution is 9.10. The molecule has 0 aliphatic heterocycles. The van der Waals surface area contributed by atoms with Crippen molar-refractivity contribution in [2.24, 2.45) is 0 Å². The third-order valence-corrected chi connectivity index (χ3v) is 4.78. The van der Waals surface area contributed by atoms with Crippen LogP contribution in [0.4, 0.5) is 11.4 Å². The highest BCUT2D eigenvalue weighted by Gasteiger charge is 2.17. The molecule has 20 heavy (non-hydrogen) atoms. The molecule has 0 fully saturated rings. The zero-order valence-electron chi connectivity index (χ0n) is 11.1. The van der Waals surface area contributed by atoms with Gasteiger partial charge in [-0.3, -0.25) is 4.72 Å². The van der Waals surface area contributed by atoms with Crippen LogP contribution < -0.4 is 10.5 Å². The molecular weight excluding hydrogens is 340 g/mol. The summed E-state index contributed by atoms with van der Waals surface area (Å²) in [5.41, 5.74) is 8.21. The Hall–Kier alpha value is -1.53. The van der Waals surface area contributed by atoms with Crippen LogP contribution in [0.1, 0.15) is 11.1 Å². The van der Waals surface area contributed by atoms with E-state index in [-0.39, 0.29) is 4.90 Å². The number of anilines is 2. The third-order valence-electron chi connectivity index (χ3n) is 2.80. The van der Waals surface area contributed by atoms with Gasteiger partial charge in [-0.05, 0) is 55.3 Å². The van der Waals surface area contributed by atoms with Crippen molar-refractivity contribution in [1.29, 1.82) is 0 Å². The van der Waals surface area contributed by atoms with Crippen molar-refractivity contribution in [3.63, 3.8) is 0 Å². The summed E-state index contributed by atoms with van der Waals surface area (Å²) in [6, 6.07) is 10.2. The summed E-state index contributed by atoms with van der Waals surface area (Å²) in [5, 5.41) is 0. The molecule has 0 heterocycles. The Morgan fingerprint density at radius 1 is 1.10 bits per heavy atom. The molecule has 0 amide bonds. The second-order valence-corrected chi connectivity index (χ2v) is 7.21. The fourth-order valence-corrected chi connectivity index (χ4v) is 3.84. The molecule has 6 heteroatoms. The van der Waals surface area contributed by atoms with Gasteiger partial charge in [0.15, 0.2) is 0 Å². The van der Waals surface area contributed by atoms with Crippen LogP contribution in [0.5, 0.6) is 0 Å². The fraction of sp³-hybridized carbons (Fsp3) is 0.143. The Morgan fingerprint density at radius 3 is 2.45 bits per heavy atom. The zero-order valence-corrected chi connectivity index (χ0v) is 13.5. The number of sulfonamides is 1. The van der Waals surface area contributed by atoms with Crippen LogP contribution in [-0.2, 0) is 10.0 Å². The van der Waals surface area contributed by atoms with Gasteiger partial charge in [-0.15, -0.1) is 0 Å². The van der Waals surface area contributed by atoms with E-state index in [4.69, 9.17) is 5.73 Å². The molecule has 0 unspecified atom stereocenters. The number of nitrogen functional groups attached to an aromatic ring is 1. The first kappa shape index (κ1) is 14.9. The summed E-state index contributed by atoms with van der Waals surface area (Å²) in [5.74, 6) is 0. The summed E-state index contributed by atoms with van der Waals surface area (Å²) in [4.78, 5) is 0.190. The molecule has 0 bridgehead atoms. The van der Waals surface area contributed by atoms with E-state index in [1.807, 2.05) is 13.0 Å². The summed E-state index contributed by atoms with van der Waals surface area (Å²) in [7, 11) is -3.65. The summed E-state index contributed by atoms with van der Waals surface area (Å²) in [6.45, 7) is 3.63. The van der Waals surface area contributed by atoms with Gasteiger partial charge in [0.1, 0.15) is 0 Å². The van der Waals surface area contributed by atoms with Crippen molar-refractivity contribution in [2.75, 3.05) is 10.5 Å². The quantitative estimate of drug-likeness (QED) is 0.829. The number of rotatable bonds is 3. The first-order valence-electron chi connectivity index (χ1n) is 5.94. The smallest absolute Gasteiger partial charge is 0.262 e. The lowest BCUT2D eigenvalue weighted by atomic mass is 10.2. The zero-order chi connectivity index (χ0) is 14.9. The van der Waals surface area contributed by atoms with Crippen LogP contribution in [0.25, 0.3) is 0 Å². The minimum absolute atomic E-state index is 0.190. The lowest BCUT2D eigenvalue weighted by Crippen LogP contribution is -2.14. The summed E-state index contributed by atoms with van der Waals surface area (Å²) >= 11 is 3.35. The molecule has 0 saturated heterocycles. The van der Waals surface area contributed by atoms with Crippen molar-refractivity contribution in [3.8, 4) is 0 Å². The van der Waals surface area contributed by atoms with Crippen molar-refractivity contribution in [3.05, 3.63) is 52.0 Å². The predicted octanol–water partition coefficient (Wildman–Crippen LogP) is 3.45. The first-order chi connectivity index (χ1) is 9.28. The normalized spacial score (nSPS) is 11.3. The number of nitrogens with two attached hydrogens (primary N) is 1. The van der Waals surface area contributed by atoms with Gasteiger partial charge in [-0.2, -0.15) is 0 Å². The maximum absolute atomic E-state index is 12.4. The molecule has 0 aromatic heterocycles. The van der Waals surface area contributed by atoms with E-state index in [2.05, 4.69) is 20.7 Å². The second-order valence-electron chi connectivity index (χ2n) is 4.65. The Morgan fingerprint density at radius 2 is 1.80 bits per heavy atom. The van der Waals surface area contributed by atoms with E-state index >= 15 is 0 Å². The van der Waals surface area contributed by atoms with Gasteiger partial charge in [0.25, 0.3) is 10.0 Å². The standard InChI is InChI=1S/C14H15BrN2O2S/c1-9-5-11(15)7-13(6-9)17-20(18,19)14-8-12(16)4-3-10(14)2/h3-8,17H,16H2,1-2H3. The Labute approximate surface area is 127 Å². The van der Waals surface area contributed by atoms with Gasteiger partial charge in [-0.25, -0.2) is 8.42 Å². The van der Waals surface area contributed by atoms with Crippen molar-refractivity contribution in [2.45, 2.75) is 18.7 Å². The van der Waals surface area contributed by atoms with Gasteiger partial charge >= 0.3 is 0 Å². The molecule has 0 atom stereocenters. The number of hydrogen-bond acceptors (Lipinski definition) is 3. The number of nitrogens with one attached hydrogen (secondary N) is 1. The molecule has 0 radical (unpaired) electrons. The number of hydrogen-bond donors (Lipinski definition) is 2. The van der Waals surface area contributed by atoms with E-state index in [0.717, 1.165) is 10.0 Å². The summed E-state index contributed by atoms with van der Waals surface area (Å²) in [6.07, 6.45) is 0. The van der Waals surface area contributed by atoms with Gasteiger partial charge in [0.05, 0.1) is 10.6 Å². The highest BCUT2D eigenvalue weighted by atomic mass is 79.9. The monoisotopic (exact) mass is 354 g/mol. The van der Waals surface area contributed by atoms with Crippen LogP contribution in [0, 0.1) is 13.8 Å². The van der Waals surface area contributed by atoms with Crippen LogP contribution in [0.3, 0.4) is 0 Å². The van der Waals surface area contributed by atoms with E-state index < -0.39 is 10.0 Å². The van der Waals surface area contributed by atoms with Gasteiger partial charge < -0.3 is 5.73 Å². The molecular formula is C14H15BrN2O2S. The van der Waals surface area contributed by atoms with Gasteiger partial charge in [-0.1, -0.05) is 22.0 Å². The largest absolute Gasteiger partial charge is 0.399 e. The number of aryl methyl sites for hydroxylation is 2. The predicted molar refractivity (Wildman–Crippen MR) is 85.3 cm³/mol. The molecule has 106 valence electrons. The average molecular weight is 355 g/mol. The molecule has 0 aliphatic rings. The molecule has 2 aromatic carbocycles. The SMILES string of the molecule is Cc1cc(Br)cc(NS(=O)(=O)c2cc(N)ccc2C)c1. The van der Waals surface area contributed by atoms with Gasteiger partial charge in [0.2, 0.25) is 0 Å². The van der Waals surface area contributed by atoms with Gasteiger partial charge in [0, 0.05) is 10.2 Å². The molecule has 2 aromatic rings. The van der Waals surface area contributed by atoms with Crippen molar-refractivity contribution >= 4 is 37.3 Å². The number of halogens is 1.